The molecule has 0 radical (unpaired) electrons. The first kappa shape index (κ1) is 15.3. The van der Waals surface area contributed by atoms with Crippen molar-refractivity contribution in [3.05, 3.63) is 34.3 Å². The van der Waals surface area contributed by atoms with Crippen LogP contribution in [0.25, 0.3) is 11.1 Å². The summed E-state index contributed by atoms with van der Waals surface area (Å²) in [6.07, 6.45) is 0.946. The number of hydrogen-bond acceptors (Lipinski definition) is 5. The maximum Gasteiger partial charge on any atom is 0.417 e. The Kier molecular flexibility index (Phi) is 4.80. The van der Waals surface area contributed by atoms with Gasteiger partial charge in [0.2, 0.25) is 0 Å². The lowest BCUT2D eigenvalue weighted by molar-refractivity contribution is -0.141. The van der Waals surface area contributed by atoms with Crippen LogP contribution in [0.15, 0.2) is 27.4 Å². The van der Waals surface area contributed by atoms with Crippen molar-refractivity contribution in [1.29, 1.82) is 0 Å². The second-order valence-corrected chi connectivity index (χ2v) is 5.35. The Labute approximate surface area is 122 Å². The van der Waals surface area contributed by atoms with E-state index < -0.39 is 5.76 Å². The predicted octanol–water partition coefficient (Wildman–Crippen LogP) is 1.59. The second kappa shape index (κ2) is 6.58. The van der Waals surface area contributed by atoms with Gasteiger partial charge < -0.3 is 14.5 Å². The quantitative estimate of drug-likeness (QED) is 0.790. The number of fused-ring (bicyclic) bond motifs is 1. The summed E-state index contributed by atoms with van der Waals surface area (Å²) in [7, 11) is 1.38. The fourth-order valence-electron chi connectivity index (χ4n) is 2.35. The molecule has 1 aromatic heterocycles. The van der Waals surface area contributed by atoms with E-state index in [-0.39, 0.29) is 18.1 Å². The fraction of sp³-hybridized carbons (Fsp3) is 0.467. The molecule has 0 aliphatic carbocycles. The summed E-state index contributed by atoms with van der Waals surface area (Å²) < 4.78 is 9.78. The van der Waals surface area contributed by atoms with Gasteiger partial charge in [0.1, 0.15) is 0 Å². The van der Waals surface area contributed by atoms with Gasteiger partial charge in [-0.15, -0.1) is 0 Å². The molecule has 6 nitrogen and oxygen atoms in total. The predicted molar refractivity (Wildman–Crippen MR) is 79.2 cm³/mol. The average Bonchev–Trinajstić information content (AvgIpc) is 2.77. The minimum atomic E-state index is -0.464. The van der Waals surface area contributed by atoms with Crippen molar-refractivity contribution in [3.63, 3.8) is 0 Å². The summed E-state index contributed by atoms with van der Waals surface area (Å²) in [6.45, 7) is 4.05. The molecule has 1 heterocycles. The van der Waals surface area contributed by atoms with Crippen LogP contribution >= 0.6 is 0 Å². The molecular weight excluding hydrogens is 272 g/mol. The van der Waals surface area contributed by atoms with E-state index in [1.165, 1.54) is 7.11 Å². The number of carbonyl (C=O) groups is 1. The summed E-state index contributed by atoms with van der Waals surface area (Å²) in [5, 5.41) is 3.35. The topological polar surface area (TPSA) is 84.3 Å². The van der Waals surface area contributed by atoms with Gasteiger partial charge in [0, 0.05) is 12.1 Å². The van der Waals surface area contributed by atoms with Gasteiger partial charge in [-0.2, -0.15) is 0 Å². The molecule has 0 spiro atoms. The summed E-state index contributed by atoms with van der Waals surface area (Å²) in [6, 6.07) is 5.77. The zero-order valence-corrected chi connectivity index (χ0v) is 12.4. The van der Waals surface area contributed by atoms with Crippen molar-refractivity contribution in [3.8, 4) is 0 Å². The molecule has 0 amide bonds. The first-order chi connectivity index (χ1) is 9.97. The largest absolute Gasteiger partial charge is 0.469 e. The van der Waals surface area contributed by atoms with E-state index in [0.717, 1.165) is 5.56 Å². The van der Waals surface area contributed by atoms with Crippen LogP contribution in [0.4, 0.5) is 0 Å². The standard InChI is InChI=1S/C15H20N2O4/c1-9(2)16-11(8-14(18)20-3)6-10-4-5-12-13(7-10)21-15(19)17-12/h4-5,7,9,11,16H,6,8H2,1-3H3,(H,17,19). The molecule has 1 aromatic carbocycles. The minimum Gasteiger partial charge on any atom is -0.469 e. The number of carbonyl (C=O) groups excluding carboxylic acids is 1. The van der Waals surface area contributed by atoms with Crippen LogP contribution in [0, 0.1) is 0 Å². The van der Waals surface area contributed by atoms with Gasteiger partial charge in [0.15, 0.2) is 5.58 Å². The van der Waals surface area contributed by atoms with Crippen molar-refractivity contribution in [2.75, 3.05) is 7.11 Å². The number of H-pyrrole nitrogens is 1. The highest BCUT2D eigenvalue weighted by Crippen LogP contribution is 2.15. The number of aromatic amines is 1. The third kappa shape index (κ3) is 4.19. The number of rotatable bonds is 6. The van der Waals surface area contributed by atoms with Crippen molar-refractivity contribution >= 4 is 17.1 Å². The molecule has 21 heavy (non-hydrogen) atoms. The van der Waals surface area contributed by atoms with E-state index in [2.05, 4.69) is 10.3 Å². The molecule has 0 fully saturated rings. The highest BCUT2D eigenvalue weighted by Gasteiger charge is 2.16. The van der Waals surface area contributed by atoms with E-state index in [4.69, 9.17) is 9.15 Å². The van der Waals surface area contributed by atoms with Crippen LogP contribution in [0.1, 0.15) is 25.8 Å². The Hall–Kier alpha value is -2.08. The zero-order chi connectivity index (χ0) is 15.4. The van der Waals surface area contributed by atoms with Crippen LogP contribution in [-0.2, 0) is 16.0 Å². The van der Waals surface area contributed by atoms with E-state index >= 15 is 0 Å². The zero-order valence-electron chi connectivity index (χ0n) is 12.4. The number of aromatic nitrogens is 1. The first-order valence-electron chi connectivity index (χ1n) is 6.92. The Morgan fingerprint density at radius 3 is 2.86 bits per heavy atom. The van der Waals surface area contributed by atoms with Gasteiger partial charge in [-0.3, -0.25) is 9.78 Å². The Bertz CT molecular complexity index is 672. The number of ether oxygens (including phenoxy) is 1. The van der Waals surface area contributed by atoms with Crippen molar-refractivity contribution in [2.24, 2.45) is 0 Å². The lowest BCUT2D eigenvalue weighted by Crippen LogP contribution is -2.38. The average molecular weight is 292 g/mol. The van der Waals surface area contributed by atoms with Gasteiger partial charge in [0.25, 0.3) is 0 Å². The molecule has 0 aliphatic rings. The van der Waals surface area contributed by atoms with Gasteiger partial charge in [-0.1, -0.05) is 19.9 Å². The smallest absolute Gasteiger partial charge is 0.417 e. The fourth-order valence-corrected chi connectivity index (χ4v) is 2.35. The maximum atomic E-state index is 11.5. The normalized spacial score (nSPS) is 12.8. The van der Waals surface area contributed by atoms with Crippen LogP contribution in [0.5, 0.6) is 0 Å². The van der Waals surface area contributed by atoms with E-state index in [9.17, 15) is 9.59 Å². The number of oxazole rings is 1. The molecular formula is C15H20N2O4. The molecule has 2 rings (SSSR count). The van der Waals surface area contributed by atoms with E-state index in [0.29, 0.717) is 23.9 Å². The van der Waals surface area contributed by atoms with Gasteiger partial charge in [0.05, 0.1) is 19.0 Å². The summed E-state index contributed by atoms with van der Waals surface area (Å²) in [4.78, 5) is 25.2. The number of methoxy groups -OCH3 is 1. The first-order valence-corrected chi connectivity index (χ1v) is 6.92. The molecule has 6 heteroatoms. The molecule has 0 saturated carbocycles. The minimum absolute atomic E-state index is 0.0273. The lowest BCUT2D eigenvalue weighted by atomic mass is 10.0. The maximum absolute atomic E-state index is 11.5. The van der Waals surface area contributed by atoms with Crippen LogP contribution in [0.3, 0.4) is 0 Å². The molecule has 2 N–H and O–H groups in total. The SMILES string of the molecule is COC(=O)CC(Cc1ccc2[nH]c(=O)oc2c1)NC(C)C. The number of esters is 1. The highest BCUT2D eigenvalue weighted by molar-refractivity contribution is 5.73. The van der Waals surface area contributed by atoms with Crippen molar-refractivity contribution in [1.82, 2.24) is 10.3 Å². The van der Waals surface area contributed by atoms with E-state index in [1.54, 1.807) is 6.07 Å². The van der Waals surface area contributed by atoms with Crippen LogP contribution < -0.4 is 11.1 Å². The second-order valence-electron chi connectivity index (χ2n) is 5.35. The lowest BCUT2D eigenvalue weighted by Gasteiger charge is -2.20. The molecule has 1 atom stereocenters. The summed E-state index contributed by atoms with van der Waals surface area (Å²) in [5.41, 5.74) is 2.19. The van der Waals surface area contributed by atoms with Gasteiger partial charge in [-0.25, -0.2) is 4.79 Å². The number of benzene rings is 1. The molecule has 1 unspecified atom stereocenters. The van der Waals surface area contributed by atoms with Crippen molar-refractivity contribution in [2.45, 2.75) is 38.8 Å². The molecule has 0 aliphatic heterocycles. The van der Waals surface area contributed by atoms with Gasteiger partial charge >= 0.3 is 11.7 Å². The number of nitrogens with one attached hydrogen (secondary N) is 2. The molecule has 2 aromatic rings. The van der Waals surface area contributed by atoms with Crippen LogP contribution in [-0.4, -0.2) is 30.1 Å². The molecule has 0 saturated heterocycles. The summed E-state index contributed by atoms with van der Waals surface area (Å²) in [5.74, 6) is -0.712. The van der Waals surface area contributed by atoms with Gasteiger partial charge in [-0.05, 0) is 24.1 Å². The third-order valence-corrected chi connectivity index (χ3v) is 3.18. The Balaban J connectivity index is 2.16. The monoisotopic (exact) mass is 292 g/mol. The molecule has 114 valence electrons. The number of hydrogen-bond donors (Lipinski definition) is 2. The Morgan fingerprint density at radius 1 is 1.43 bits per heavy atom. The third-order valence-electron chi connectivity index (χ3n) is 3.18. The Morgan fingerprint density at radius 2 is 2.19 bits per heavy atom. The van der Waals surface area contributed by atoms with E-state index in [1.807, 2.05) is 26.0 Å². The van der Waals surface area contributed by atoms with Crippen LogP contribution in [0.2, 0.25) is 0 Å². The molecule has 0 bridgehead atoms. The van der Waals surface area contributed by atoms with Crippen molar-refractivity contribution < 1.29 is 13.9 Å². The highest BCUT2D eigenvalue weighted by atomic mass is 16.5. The summed E-state index contributed by atoms with van der Waals surface area (Å²) >= 11 is 0.